The lowest BCUT2D eigenvalue weighted by molar-refractivity contribution is -0.149. The van der Waals surface area contributed by atoms with Gasteiger partial charge >= 0.3 is 5.97 Å². The van der Waals surface area contributed by atoms with E-state index in [2.05, 4.69) is 5.32 Å². The van der Waals surface area contributed by atoms with Crippen molar-refractivity contribution in [3.63, 3.8) is 0 Å². The van der Waals surface area contributed by atoms with Gasteiger partial charge in [-0.1, -0.05) is 42.5 Å². The van der Waals surface area contributed by atoms with E-state index in [9.17, 15) is 9.90 Å². The highest BCUT2D eigenvalue weighted by atomic mass is 32.2. The number of aliphatic hydroxyl groups is 1. The van der Waals surface area contributed by atoms with Gasteiger partial charge in [-0.3, -0.25) is 10.1 Å². The maximum Gasteiger partial charge on any atom is 0.326 e. The minimum Gasteiger partial charge on any atom is -0.465 e. The van der Waals surface area contributed by atoms with Crippen molar-refractivity contribution < 1.29 is 14.6 Å². The molecule has 0 fully saturated rings. The van der Waals surface area contributed by atoms with Crippen LogP contribution in [0.3, 0.4) is 0 Å². The van der Waals surface area contributed by atoms with Crippen LogP contribution in [0, 0.1) is 0 Å². The Kier molecular flexibility index (Phi) is 7.31. The molecule has 0 aliphatic heterocycles. The molecule has 0 spiro atoms. The number of hydrogen-bond donors (Lipinski definition) is 2. The zero-order chi connectivity index (χ0) is 17.4. The molecule has 0 aliphatic carbocycles. The average molecular weight is 345 g/mol. The molecule has 2 rings (SSSR count). The predicted octanol–water partition coefficient (Wildman–Crippen LogP) is 3.16. The topological polar surface area (TPSA) is 58.6 Å². The monoisotopic (exact) mass is 345 g/mol. The Hall–Kier alpha value is -1.82. The first-order chi connectivity index (χ1) is 11.7. The zero-order valence-corrected chi connectivity index (χ0v) is 14.8. The van der Waals surface area contributed by atoms with Crippen molar-refractivity contribution in [2.24, 2.45) is 0 Å². The molecule has 2 aromatic carbocycles. The van der Waals surface area contributed by atoms with Gasteiger partial charge in [0.2, 0.25) is 0 Å². The maximum absolute atomic E-state index is 12.3. The first-order valence-electron chi connectivity index (χ1n) is 7.91. The summed E-state index contributed by atoms with van der Waals surface area (Å²) in [6.45, 7) is 2.51. The second-order valence-corrected chi connectivity index (χ2v) is 6.19. The zero-order valence-electron chi connectivity index (χ0n) is 13.9. The number of rotatable bonds is 8. The Balaban J connectivity index is 2.12. The highest BCUT2D eigenvalue weighted by Gasteiger charge is 2.29. The van der Waals surface area contributed by atoms with Gasteiger partial charge in [0, 0.05) is 11.4 Å². The number of carbonyl (C=O) groups excluding carboxylic acids is 1. The molecule has 2 atom stereocenters. The summed E-state index contributed by atoms with van der Waals surface area (Å²) in [4.78, 5) is 13.4. The first-order valence-corrected chi connectivity index (χ1v) is 9.14. The normalized spacial score (nSPS) is 13.3. The van der Waals surface area contributed by atoms with Crippen LogP contribution in [0.15, 0.2) is 59.5 Å². The molecular weight excluding hydrogens is 322 g/mol. The van der Waals surface area contributed by atoms with E-state index in [0.717, 1.165) is 10.5 Å². The SMILES string of the molecule is CCOC(=O)C(NCc1ccccc1)C(O)c1ccc(SC)cc1. The van der Waals surface area contributed by atoms with Gasteiger partial charge in [0.25, 0.3) is 0 Å². The fraction of sp³-hybridized carbons (Fsp3) is 0.316. The number of nitrogens with one attached hydrogen (secondary N) is 1. The molecule has 0 radical (unpaired) electrons. The van der Waals surface area contributed by atoms with Gasteiger partial charge in [-0.25, -0.2) is 0 Å². The Labute approximate surface area is 147 Å². The number of aliphatic hydroxyl groups excluding tert-OH is 1. The molecule has 0 heterocycles. The third kappa shape index (κ3) is 5.09. The lowest BCUT2D eigenvalue weighted by atomic mass is 10.0. The van der Waals surface area contributed by atoms with Crippen LogP contribution in [-0.4, -0.2) is 30.0 Å². The van der Waals surface area contributed by atoms with Gasteiger partial charge < -0.3 is 9.84 Å². The molecule has 0 aromatic heterocycles. The molecule has 2 N–H and O–H groups in total. The van der Waals surface area contributed by atoms with Crippen LogP contribution in [0.1, 0.15) is 24.2 Å². The van der Waals surface area contributed by atoms with Crippen LogP contribution >= 0.6 is 11.8 Å². The van der Waals surface area contributed by atoms with Crippen LogP contribution in [0.5, 0.6) is 0 Å². The molecule has 0 saturated carbocycles. The molecule has 5 heteroatoms. The smallest absolute Gasteiger partial charge is 0.326 e. The van der Waals surface area contributed by atoms with E-state index in [0.29, 0.717) is 12.1 Å². The Morgan fingerprint density at radius 2 is 1.83 bits per heavy atom. The molecule has 0 saturated heterocycles. The highest BCUT2D eigenvalue weighted by Crippen LogP contribution is 2.22. The van der Waals surface area contributed by atoms with Crippen molar-refractivity contribution in [1.82, 2.24) is 5.32 Å². The van der Waals surface area contributed by atoms with Crippen LogP contribution in [0.4, 0.5) is 0 Å². The minimum atomic E-state index is -0.969. The van der Waals surface area contributed by atoms with Crippen molar-refractivity contribution in [2.75, 3.05) is 12.9 Å². The molecule has 0 amide bonds. The van der Waals surface area contributed by atoms with Crippen molar-refractivity contribution in [3.05, 3.63) is 65.7 Å². The van der Waals surface area contributed by atoms with Gasteiger partial charge in [0.1, 0.15) is 12.1 Å². The van der Waals surface area contributed by atoms with Crippen molar-refractivity contribution in [2.45, 2.75) is 30.5 Å². The lowest BCUT2D eigenvalue weighted by Crippen LogP contribution is -2.42. The summed E-state index contributed by atoms with van der Waals surface area (Å²) in [6.07, 6.45) is 1.03. The Morgan fingerprint density at radius 1 is 1.17 bits per heavy atom. The van der Waals surface area contributed by atoms with Crippen molar-refractivity contribution >= 4 is 17.7 Å². The van der Waals surface area contributed by atoms with E-state index in [-0.39, 0.29) is 6.61 Å². The molecule has 24 heavy (non-hydrogen) atoms. The number of esters is 1. The van der Waals surface area contributed by atoms with Crippen LogP contribution in [0.25, 0.3) is 0 Å². The molecule has 0 aliphatic rings. The summed E-state index contributed by atoms with van der Waals surface area (Å²) in [5, 5.41) is 13.8. The number of ether oxygens (including phenoxy) is 1. The maximum atomic E-state index is 12.3. The van der Waals surface area contributed by atoms with E-state index in [4.69, 9.17) is 4.74 Å². The summed E-state index contributed by atoms with van der Waals surface area (Å²) in [5.74, 6) is -0.449. The highest BCUT2D eigenvalue weighted by molar-refractivity contribution is 7.98. The molecule has 128 valence electrons. The minimum absolute atomic E-state index is 0.278. The number of benzene rings is 2. The number of thioether (sulfide) groups is 1. The van der Waals surface area contributed by atoms with Gasteiger partial charge in [-0.15, -0.1) is 11.8 Å². The van der Waals surface area contributed by atoms with Gasteiger partial charge in [-0.05, 0) is 36.4 Å². The summed E-state index contributed by atoms with van der Waals surface area (Å²) in [5.41, 5.74) is 1.73. The third-order valence-corrected chi connectivity index (χ3v) is 4.43. The molecule has 0 bridgehead atoms. The summed E-state index contributed by atoms with van der Waals surface area (Å²) < 4.78 is 5.11. The largest absolute Gasteiger partial charge is 0.465 e. The second-order valence-electron chi connectivity index (χ2n) is 5.31. The summed E-state index contributed by atoms with van der Waals surface area (Å²) in [7, 11) is 0. The molecule has 4 nitrogen and oxygen atoms in total. The Morgan fingerprint density at radius 3 is 2.42 bits per heavy atom. The summed E-state index contributed by atoms with van der Waals surface area (Å²) >= 11 is 1.63. The number of hydrogen-bond acceptors (Lipinski definition) is 5. The van der Waals surface area contributed by atoms with Crippen LogP contribution in [-0.2, 0) is 16.1 Å². The van der Waals surface area contributed by atoms with Gasteiger partial charge in [0.05, 0.1) is 6.61 Å². The summed E-state index contributed by atoms with van der Waals surface area (Å²) in [6, 6.07) is 16.5. The first kappa shape index (κ1) is 18.5. The van der Waals surface area contributed by atoms with E-state index in [1.54, 1.807) is 18.7 Å². The molecular formula is C19H23NO3S. The van der Waals surface area contributed by atoms with Gasteiger partial charge in [0.15, 0.2) is 0 Å². The van der Waals surface area contributed by atoms with Crippen molar-refractivity contribution in [3.8, 4) is 0 Å². The van der Waals surface area contributed by atoms with E-state index in [1.807, 2.05) is 60.9 Å². The van der Waals surface area contributed by atoms with E-state index < -0.39 is 18.1 Å². The quantitative estimate of drug-likeness (QED) is 0.568. The fourth-order valence-corrected chi connectivity index (χ4v) is 2.78. The second kappa shape index (κ2) is 9.47. The van der Waals surface area contributed by atoms with Crippen LogP contribution < -0.4 is 5.32 Å². The lowest BCUT2D eigenvalue weighted by Gasteiger charge is -2.23. The predicted molar refractivity (Wildman–Crippen MR) is 96.9 cm³/mol. The molecule has 2 unspecified atom stereocenters. The average Bonchev–Trinajstić information content (AvgIpc) is 2.63. The standard InChI is InChI=1S/C19H23NO3S/c1-3-23-19(22)17(20-13-14-7-5-4-6-8-14)18(21)15-9-11-16(24-2)12-10-15/h4-12,17-18,20-21H,3,13H2,1-2H3. The fourth-order valence-electron chi connectivity index (χ4n) is 2.37. The van der Waals surface area contributed by atoms with Gasteiger partial charge in [-0.2, -0.15) is 0 Å². The van der Waals surface area contributed by atoms with E-state index in [1.165, 1.54) is 0 Å². The number of carbonyl (C=O) groups is 1. The van der Waals surface area contributed by atoms with Crippen molar-refractivity contribution in [1.29, 1.82) is 0 Å². The molecule has 2 aromatic rings. The van der Waals surface area contributed by atoms with E-state index >= 15 is 0 Å². The van der Waals surface area contributed by atoms with Crippen LogP contribution in [0.2, 0.25) is 0 Å². The third-order valence-electron chi connectivity index (χ3n) is 3.68. The Bertz CT molecular complexity index is 631.